The van der Waals surface area contributed by atoms with Gasteiger partial charge in [0.05, 0.1) is 30.2 Å². The number of rotatable bonds is 12. The first-order chi connectivity index (χ1) is 26.5. The first-order valence-electron chi connectivity index (χ1n) is 19.5. The molecule has 55 heavy (non-hydrogen) atoms. The number of pyridine rings is 2. The highest BCUT2D eigenvalue weighted by molar-refractivity contribution is 7.90. The predicted molar refractivity (Wildman–Crippen MR) is 213 cm³/mol. The normalized spacial score (nSPS) is 18.7. The number of hydrogen-bond acceptors (Lipinski definition) is 8. The molecule has 5 heterocycles. The number of fused-ring (bicyclic) bond motifs is 2. The number of hydrogen-bond donors (Lipinski definition) is 2. The number of likely N-dealkylation sites (tertiary alicyclic amines) is 1. The molecule has 290 valence electrons. The maximum atomic E-state index is 14.0. The molecule has 1 aromatic carbocycles. The van der Waals surface area contributed by atoms with Crippen molar-refractivity contribution in [2.24, 2.45) is 11.8 Å². The van der Waals surface area contributed by atoms with Crippen LogP contribution in [0.4, 0.5) is 4.79 Å². The molecule has 5 aromatic rings. The van der Waals surface area contributed by atoms with E-state index in [0.29, 0.717) is 42.0 Å². The Hall–Kier alpha value is -4.59. The summed E-state index contributed by atoms with van der Waals surface area (Å²) < 4.78 is 31.8. The molecule has 2 aliphatic carbocycles. The van der Waals surface area contributed by atoms with Gasteiger partial charge in [0, 0.05) is 54.1 Å². The lowest BCUT2D eigenvalue weighted by Crippen LogP contribution is -2.49. The molecule has 0 bridgehead atoms. The molecule has 3 atom stereocenters. The number of benzene rings is 1. The maximum absolute atomic E-state index is 14.0. The quantitative estimate of drug-likeness (QED) is 0.128. The SMILES string of the molecule is COc1cc(C(=O)N2CCC[C@@H](NC(=O)OCc3ccccc3)C2)cc2nc(-c3cc4ccc(C(N[S+]([O-])C(C)(C)C)C5CC5)nc4n3CC3CC3)c(C)n12. The average molecular weight is 766 g/mol. The molecule has 3 aliphatic rings. The lowest BCUT2D eigenvalue weighted by Gasteiger charge is -2.33. The molecule has 12 nitrogen and oxygen atoms in total. The van der Waals surface area contributed by atoms with Crippen LogP contribution in [0.2, 0.25) is 0 Å². The van der Waals surface area contributed by atoms with Crippen molar-refractivity contribution in [1.82, 2.24) is 33.9 Å². The van der Waals surface area contributed by atoms with E-state index < -0.39 is 17.5 Å². The number of nitrogens with one attached hydrogen (secondary N) is 2. The standard InChI is InChI=1S/C42H51N7O5S/c1-26-37(34-20-30-17-18-33(44-39(30)48(34)23-27-13-14-27)38(29-15-16-29)46-55(52)42(2,3)4)45-35-21-31(22-36(53-5)49(26)35)40(50)47-19-9-12-32(24-47)43-41(51)54-25-28-10-7-6-8-11-28/h6-8,10-11,17-18,20-22,27,29,32,38,46H,9,12-16,19,23-25H2,1-5H3,(H,43,51)/t32-,38?,55?/m1/s1. The van der Waals surface area contributed by atoms with Gasteiger partial charge >= 0.3 is 6.09 Å². The van der Waals surface area contributed by atoms with Gasteiger partial charge in [0.2, 0.25) is 0 Å². The number of amides is 2. The van der Waals surface area contributed by atoms with Gasteiger partial charge in [-0.1, -0.05) is 30.3 Å². The molecule has 1 aliphatic heterocycles. The monoisotopic (exact) mass is 765 g/mol. The van der Waals surface area contributed by atoms with Crippen molar-refractivity contribution in [2.45, 2.75) is 96.2 Å². The average Bonchev–Trinajstić information content (AvgIpc) is 4.12. The van der Waals surface area contributed by atoms with E-state index in [1.54, 1.807) is 18.1 Å². The highest BCUT2D eigenvalue weighted by atomic mass is 32.2. The number of aryl methyl sites for hydroxylation is 1. The molecule has 13 heteroatoms. The van der Waals surface area contributed by atoms with Crippen molar-refractivity contribution >= 4 is 40.0 Å². The Morgan fingerprint density at radius 2 is 1.80 bits per heavy atom. The number of imidazole rings is 1. The summed E-state index contributed by atoms with van der Waals surface area (Å²) in [5, 5.41) is 3.98. The van der Waals surface area contributed by atoms with Gasteiger partial charge in [0.15, 0.2) is 5.88 Å². The Morgan fingerprint density at radius 1 is 1.02 bits per heavy atom. The predicted octanol–water partition coefficient (Wildman–Crippen LogP) is 7.11. The fraction of sp³-hybridized carbons (Fsp3) is 0.476. The summed E-state index contributed by atoms with van der Waals surface area (Å²) in [5.41, 5.74) is 6.52. The number of piperidine rings is 1. The summed E-state index contributed by atoms with van der Waals surface area (Å²) in [6.45, 7) is 9.99. The Morgan fingerprint density at radius 3 is 2.51 bits per heavy atom. The summed E-state index contributed by atoms with van der Waals surface area (Å²) in [4.78, 5) is 38.9. The molecular formula is C42H51N7O5S. The third kappa shape index (κ3) is 8.06. The van der Waals surface area contributed by atoms with Crippen molar-refractivity contribution in [2.75, 3.05) is 20.2 Å². The molecule has 2 saturated carbocycles. The largest absolute Gasteiger partial charge is 0.598 e. The molecule has 4 aromatic heterocycles. The zero-order chi connectivity index (χ0) is 38.4. The van der Waals surface area contributed by atoms with Gasteiger partial charge in [-0.3, -0.25) is 9.20 Å². The third-order valence-electron chi connectivity index (χ3n) is 11.0. The summed E-state index contributed by atoms with van der Waals surface area (Å²) in [6.07, 6.45) is 5.58. The molecule has 0 radical (unpaired) electrons. The number of nitrogens with zero attached hydrogens (tertiary/aromatic N) is 5. The van der Waals surface area contributed by atoms with Crippen LogP contribution in [0.1, 0.15) is 92.6 Å². The number of alkyl carbamates (subject to hydrolysis) is 1. The van der Waals surface area contributed by atoms with Gasteiger partial charge in [-0.25, -0.2) is 14.8 Å². The number of carbonyl (C=O) groups excluding carboxylic acids is 2. The number of methoxy groups -OCH3 is 1. The zero-order valence-corrected chi connectivity index (χ0v) is 33.2. The van der Waals surface area contributed by atoms with Crippen LogP contribution in [0.3, 0.4) is 0 Å². The molecule has 2 N–H and O–H groups in total. The van der Waals surface area contributed by atoms with E-state index in [-0.39, 0.29) is 29.3 Å². The summed E-state index contributed by atoms with van der Waals surface area (Å²) in [5.74, 6) is 1.37. The molecule has 2 unspecified atom stereocenters. The van der Waals surface area contributed by atoms with Crippen molar-refractivity contribution < 1.29 is 23.6 Å². The van der Waals surface area contributed by atoms with E-state index in [1.165, 1.54) is 12.8 Å². The van der Waals surface area contributed by atoms with Crippen molar-refractivity contribution in [3.63, 3.8) is 0 Å². The fourth-order valence-corrected chi connectivity index (χ4v) is 8.46. The van der Waals surface area contributed by atoms with E-state index >= 15 is 0 Å². The van der Waals surface area contributed by atoms with E-state index in [4.69, 9.17) is 19.4 Å². The fourth-order valence-electron chi connectivity index (χ4n) is 7.56. The first-order valence-corrected chi connectivity index (χ1v) is 20.6. The van der Waals surface area contributed by atoms with Crippen molar-refractivity contribution in [1.29, 1.82) is 0 Å². The van der Waals surface area contributed by atoms with Crippen LogP contribution in [0.25, 0.3) is 28.1 Å². The second-order valence-electron chi connectivity index (χ2n) is 16.4. The minimum atomic E-state index is -1.22. The summed E-state index contributed by atoms with van der Waals surface area (Å²) in [6, 6.07) is 19.2. The highest BCUT2D eigenvalue weighted by Crippen LogP contribution is 2.43. The second kappa shape index (κ2) is 15.2. The highest BCUT2D eigenvalue weighted by Gasteiger charge is 2.39. The second-order valence-corrected chi connectivity index (χ2v) is 18.4. The van der Waals surface area contributed by atoms with E-state index in [1.807, 2.05) is 68.5 Å². The van der Waals surface area contributed by atoms with E-state index in [2.05, 4.69) is 32.8 Å². The van der Waals surface area contributed by atoms with E-state index in [0.717, 1.165) is 71.6 Å². The maximum Gasteiger partial charge on any atom is 0.407 e. The molecule has 8 rings (SSSR count). The first kappa shape index (κ1) is 37.3. The van der Waals surface area contributed by atoms with Crippen LogP contribution in [0.15, 0.2) is 60.7 Å². The molecule has 0 spiro atoms. The molecule has 3 fully saturated rings. The van der Waals surface area contributed by atoms with Crippen molar-refractivity contribution in [3.05, 3.63) is 83.2 Å². The van der Waals surface area contributed by atoms with Crippen LogP contribution < -0.4 is 14.8 Å². The Balaban J connectivity index is 1.07. The minimum Gasteiger partial charge on any atom is -0.598 e. The van der Waals surface area contributed by atoms with Gasteiger partial charge < -0.3 is 28.8 Å². The topological polar surface area (TPSA) is 138 Å². The van der Waals surface area contributed by atoms with Crippen LogP contribution in [0.5, 0.6) is 5.88 Å². The van der Waals surface area contributed by atoms with Crippen molar-refractivity contribution in [3.8, 4) is 17.3 Å². The summed E-state index contributed by atoms with van der Waals surface area (Å²) in [7, 11) is 1.61. The number of aromatic nitrogens is 4. The molecular weight excluding hydrogens is 715 g/mol. The Labute approximate surface area is 325 Å². The van der Waals surface area contributed by atoms with E-state index in [9.17, 15) is 14.1 Å². The lowest BCUT2D eigenvalue weighted by molar-refractivity contribution is 0.0682. The number of ether oxygens (including phenoxy) is 2. The summed E-state index contributed by atoms with van der Waals surface area (Å²) >= 11 is -1.22. The molecule has 2 amide bonds. The van der Waals surface area contributed by atoms with Crippen LogP contribution in [-0.2, 0) is 29.3 Å². The van der Waals surface area contributed by atoms with Gasteiger partial charge in [0.25, 0.3) is 5.91 Å². The zero-order valence-electron chi connectivity index (χ0n) is 32.3. The smallest absolute Gasteiger partial charge is 0.407 e. The lowest BCUT2D eigenvalue weighted by atomic mass is 10.0. The van der Waals surface area contributed by atoms with Gasteiger partial charge in [-0.05, 0) is 108 Å². The number of carbonyl (C=O) groups is 2. The third-order valence-corrected chi connectivity index (χ3v) is 12.5. The Kier molecular flexibility index (Phi) is 10.3. The minimum absolute atomic E-state index is 0.0752. The Bertz CT molecular complexity index is 2200. The van der Waals surface area contributed by atoms with Crippen LogP contribution in [0, 0.1) is 18.8 Å². The van der Waals surface area contributed by atoms with Gasteiger partial charge in [-0.15, -0.1) is 4.72 Å². The molecule has 1 saturated heterocycles. The van der Waals surface area contributed by atoms with Gasteiger partial charge in [-0.2, -0.15) is 0 Å². The van der Waals surface area contributed by atoms with Gasteiger partial charge in [0.1, 0.15) is 28.3 Å². The van der Waals surface area contributed by atoms with Crippen LogP contribution in [-0.4, -0.2) is 71.4 Å². The van der Waals surface area contributed by atoms with Crippen LogP contribution >= 0.6 is 0 Å².